The van der Waals surface area contributed by atoms with E-state index in [-0.39, 0.29) is 35.1 Å². The number of benzene rings is 1. The van der Waals surface area contributed by atoms with Crippen LogP contribution < -0.4 is 11.1 Å². The van der Waals surface area contributed by atoms with Gasteiger partial charge in [0.25, 0.3) is 15.7 Å². The molecule has 0 radical (unpaired) electrons. The van der Waals surface area contributed by atoms with Crippen molar-refractivity contribution in [1.82, 2.24) is 14.7 Å². The molecule has 4 atom stereocenters. The van der Waals surface area contributed by atoms with Gasteiger partial charge in [0.15, 0.2) is 5.82 Å². The Balaban J connectivity index is 1.53. The van der Waals surface area contributed by atoms with Crippen molar-refractivity contribution in [2.45, 2.75) is 54.3 Å². The second-order valence-electron chi connectivity index (χ2n) is 9.08. The molecule has 0 spiro atoms. The van der Waals surface area contributed by atoms with Crippen LogP contribution >= 0.6 is 0 Å². The fourth-order valence-electron chi connectivity index (χ4n) is 4.90. The molecular weight excluding hydrogens is 504 g/mol. The van der Waals surface area contributed by atoms with Crippen molar-refractivity contribution in [2.75, 3.05) is 18.4 Å². The second-order valence-corrected chi connectivity index (χ2v) is 11.0. The summed E-state index contributed by atoms with van der Waals surface area (Å²) in [4.78, 5) is 13.3. The van der Waals surface area contributed by atoms with E-state index in [1.54, 1.807) is 4.68 Å². The molecule has 0 bridgehead atoms. The van der Waals surface area contributed by atoms with Crippen molar-refractivity contribution in [1.29, 1.82) is 5.41 Å². The molecule has 36 heavy (non-hydrogen) atoms. The number of likely N-dealkylation sites (tertiary alicyclic amines) is 1. The first-order valence-electron chi connectivity index (χ1n) is 11.4. The molecule has 196 valence electrons. The van der Waals surface area contributed by atoms with Gasteiger partial charge >= 0.3 is 5.51 Å². The number of hydrogen-bond acceptors (Lipinski definition) is 7. The Morgan fingerprint density at radius 1 is 1.19 bits per heavy atom. The first kappa shape index (κ1) is 26.1. The van der Waals surface area contributed by atoms with Gasteiger partial charge in [0.1, 0.15) is 11.7 Å². The fraction of sp³-hybridized carbons (Fsp3) is 0.500. The summed E-state index contributed by atoms with van der Waals surface area (Å²) in [5, 5.41) is 15.2. The molecule has 1 unspecified atom stereocenters. The first-order valence-corrected chi connectivity index (χ1v) is 12.8. The van der Waals surface area contributed by atoms with Crippen LogP contribution in [-0.2, 0) is 9.84 Å². The van der Waals surface area contributed by atoms with Crippen LogP contribution in [0.5, 0.6) is 0 Å². The number of amides is 1. The van der Waals surface area contributed by atoms with E-state index >= 15 is 0 Å². The van der Waals surface area contributed by atoms with E-state index in [0.29, 0.717) is 32.4 Å². The first-order chi connectivity index (χ1) is 16.9. The molecule has 1 saturated carbocycles. The van der Waals surface area contributed by atoms with E-state index in [1.807, 2.05) is 0 Å². The maximum atomic E-state index is 13.7. The zero-order valence-corrected chi connectivity index (χ0v) is 19.9. The number of nitrogens with two attached hydrogens (primary N) is 1. The SMILES string of the molecule is N=C[C@H]1CC(N2CC[C@H](F)C2)CC[C@@H]1n1cc(C(N)=O)c(Nc2ccc(S(=O)(=O)C(F)(F)F)cc2)n1. The van der Waals surface area contributed by atoms with Gasteiger partial charge in [0.05, 0.1) is 10.9 Å². The van der Waals surface area contributed by atoms with Gasteiger partial charge in [0, 0.05) is 43.1 Å². The molecule has 1 aromatic heterocycles. The van der Waals surface area contributed by atoms with Crippen LogP contribution in [-0.4, -0.2) is 66.0 Å². The summed E-state index contributed by atoms with van der Waals surface area (Å²) in [5.41, 5.74) is 0.312. The molecule has 1 amide bonds. The van der Waals surface area contributed by atoms with Crippen LogP contribution in [0.15, 0.2) is 35.4 Å². The number of carbonyl (C=O) groups excluding carboxylic acids is 1. The molecular formula is C22H26F4N6O3S. The van der Waals surface area contributed by atoms with Gasteiger partial charge in [-0.1, -0.05) is 0 Å². The number of anilines is 2. The molecule has 1 aliphatic carbocycles. The van der Waals surface area contributed by atoms with Crippen molar-refractivity contribution in [3.8, 4) is 0 Å². The number of halogens is 4. The Morgan fingerprint density at radius 3 is 2.44 bits per heavy atom. The Kier molecular flexibility index (Phi) is 7.10. The summed E-state index contributed by atoms with van der Waals surface area (Å²) in [7, 11) is -5.49. The van der Waals surface area contributed by atoms with E-state index in [0.717, 1.165) is 30.7 Å². The molecule has 4 rings (SSSR count). The van der Waals surface area contributed by atoms with Crippen molar-refractivity contribution >= 4 is 33.5 Å². The Hall–Kier alpha value is -3.00. The molecule has 2 fully saturated rings. The van der Waals surface area contributed by atoms with Gasteiger partial charge in [-0.15, -0.1) is 0 Å². The van der Waals surface area contributed by atoms with Gasteiger partial charge in [0.2, 0.25) is 0 Å². The average Bonchev–Trinajstić information content (AvgIpc) is 3.45. The highest BCUT2D eigenvalue weighted by atomic mass is 32.2. The topological polar surface area (TPSA) is 134 Å². The van der Waals surface area contributed by atoms with E-state index in [1.165, 1.54) is 12.4 Å². The summed E-state index contributed by atoms with van der Waals surface area (Å²) < 4.78 is 76.7. The van der Waals surface area contributed by atoms with Crippen LogP contribution in [0, 0.1) is 11.3 Å². The average molecular weight is 531 g/mol. The summed E-state index contributed by atoms with van der Waals surface area (Å²) in [6.07, 6.45) is 4.52. The van der Waals surface area contributed by atoms with Gasteiger partial charge in [-0.25, -0.2) is 12.8 Å². The molecule has 1 saturated heterocycles. The normalized spacial score (nSPS) is 25.6. The minimum Gasteiger partial charge on any atom is -0.365 e. The van der Waals surface area contributed by atoms with Crippen molar-refractivity contribution < 1.29 is 30.8 Å². The highest BCUT2D eigenvalue weighted by Crippen LogP contribution is 2.37. The van der Waals surface area contributed by atoms with E-state index in [9.17, 15) is 30.8 Å². The van der Waals surface area contributed by atoms with Crippen molar-refractivity contribution in [3.05, 3.63) is 36.0 Å². The number of nitrogens with zero attached hydrogens (tertiary/aromatic N) is 3. The number of carbonyl (C=O) groups is 1. The number of nitrogens with one attached hydrogen (secondary N) is 2. The lowest BCUT2D eigenvalue weighted by Crippen LogP contribution is -2.41. The van der Waals surface area contributed by atoms with Crippen LogP contribution in [0.2, 0.25) is 0 Å². The highest BCUT2D eigenvalue weighted by Gasteiger charge is 2.46. The molecule has 1 aliphatic heterocycles. The molecule has 4 N–H and O–H groups in total. The maximum absolute atomic E-state index is 13.7. The quantitative estimate of drug-likeness (QED) is 0.371. The van der Waals surface area contributed by atoms with E-state index < -0.39 is 32.3 Å². The smallest absolute Gasteiger partial charge is 0.365 e. The number of sulfone groups is 1. The Labute approximate surface area is 205 Å². The van der Waals surface area contributed by atoms with Crippen molar-refractivity contribution in [2.24, 2.45) is 11.7 Å². The maximum Gasteiger partial charge on any atom is 0.501 e. The van der Waals surface area contributed by atoms with Crippen molar-refractivity contribution in [3.63, 3.8) is 0 Å². The minimum absolute atomic E-state index is 0.0349. The summed E-state index contributed by atoms with van der Waals surface area (Å²) >= 11 is 0. The largest absolute Gasteiger partial charge is 0.501 e. The zero-order chi connectivity index (χ0) is 26.3. The van der Waals surface area contributed by atoms with Gasteiger partial charge in [-0.3, -0.25) is 14.4 Å². The highest BCUT2D eigenvalue weighted by molar-refractivity contribution is 7.92. The zero-order valence-electron chi connectivity index (χ0n) is 19.1. The predicted molar refractivity (Wildman–Crippen MR) is 124 cm³/mol. The number of primary amides is 1. The monoisotopic (exact) mass is 530 g/mol. The fourth-order valence-corrected chi connectivity index (χ4v) is 5.66. The number of rotatable bonds is 7. The van der Waals surface area contributed by atoms with Gasteiger partial charge in [-0.2, -0.15) is 18.3 Å². The lowest BCUT2D eigenvalue weighted by Gasteiger charge is -2.38. The lowest BCUT2D eigenvalue weighted by molar-refractivity contribution is -0.0436. The summed E-state index contributed by atoms with van der Waals surface area (Å²) in [6, 6.07) is 3.78. The predicted octanol–water partition coefficient (Wildman–Crippen LogP) is 3.42. The summed E-state index contributed by atoms with van der Waals surface area (Å²) in [5.74, 6) is -0.937. The number of hydrogen-bond donors (Lipinski definition) is 3. The lowest BCUT2D eigenvalue weighted by atomic mass is 9.81. The molecule has 14 heteroatoms. The molecule has 9 nitrogen and oxygen atoms in total. The number of aromatic nitrogens is 2. The Morgan fingerprint density at radius 2 is 1.89 bits per heavy atom. The van der Waals surface area contributed by atoms with Crippen LogP contribution in [0.3, 0.4) is 0 Å². The van der Waals surface area contributed by atoms with Gasteiger partial charge < -0.3 is 16.5 Å². The molecule has 1 aromatic carbocycles. The van der Waals surface area contributed by atoms with E-state index in [2.05, 4.69) is 15.3 Å². The third-order valence-electron chi connectivity index (χ3n) is 6.80. The molecule has 2 aliphatic rings. The third-order valence-corrected chi connectivity index (χ3v) is 8.30. The van der Waals surface area contributed by atoms with Crippen LogP contribution in [0.1, 0.15) is 42.1 Å². The molecule has 2 aromatic rings. The van der Waals surface area contributed by atoms with Crippen LogP contribution in [0.4, 0.5) is 29.1 Å². The third kappa shape index (κ3) is 5.09. The molecule has 2 heterocycles. The minimum atomic E-state index is -5.49. The van der Waals surface area contributed by atoms with E-state index in [4.69, 9.17) is 11.1 Å². The number of alkyl halides is 4. The van der Waals surface area contributed by atoms with Crippen LogP contribution in [0.25, 0.3) is 0 Å². The summed E-state index contributed by atoms with van der Waals surface area (Å²) in [6.45, 7) is 1.08. The van der Waals surface area contributed by atoms with Gasteiger partial charge in [-0.05, 0) is 49.9 Å². The second kappa shape index (κ2) is 9.81. The Bertz CT molecular complexity index is 1230. The standard InChI is InChI=1S/C22H26F4N6O3S/c23-14-7-8-31(11-14)16-3-6-19(13(9-16)10-27)32-12-18(20(28)33)21(30-32)29-15-1-4-17(5-2-15)36(34,35)22(24,25)26/h1-2,4-5,10,12-14,16,19,27H,3,6-9,11H2,(H2,28,33)(H,29,30)/t13-,14+,16?,19+/m1/s1.